The molecule has 7 heteroatoms. The highest BCUT2D eigenvalue weighted by Gasteiger charge is 2.19. The zero-order valence-electron chi connectivity index (χ0n) is 20.1. The second kappa shape index (κ2) is 14.1. The van der Waals surface area contributed by atoms with E-state index in [1.165, 1.54) is 16.8 Å². The molecule has 0 aliphatic carbocycles. The molecule has 0 unspecified atom stereocenters. The Morgan fingerprint density at radius 2 is 1.85 bits per heavy atom. The molecule has 180 valence electrons. The van der Waals surface area contributed by atoms with Gasteiger partial charge in [-0.25, -0.2) is 4.99 Å². The number of amides is 1. The van der Waals surface area contributed by atoms with Gasteiger partial charge in [0.1, 0.15) is 0 Å². The van der Waals surface area contributed by atoms with E-state index in [0.717, 1.165) is 50.7 Å². The van der Waals surface area contributed by atoms with Crippen molar-refractivity contribution in [2.24, 2.45) is 4.99 Å². The summed E-state index contributed by atoms with van der Waals surface area (Å²) in [6.07, 6.45) is 1.67. The Kier molecular flexibility index (Phi) is 11.5. The SMILES string of the molecule is CCNC(=NCc1ccc(CN2CCCC2=O)cc1)NCCN(CC)c1cccc(C)c1.I. The molecule has 0 saturated carbocycles. The highest BCUT2D eigenvalue weighted by molar-refractivity contribution is 14.0. The van der Waals surface area contributed by atoms with Crippen LogP contribution in [-0.2, 0) is 17.9 Å². The third-order valence-corrected chi connectivity index (χ3v) is 5.75. The molecule has 0 aromatic heterocycles. The molecule has 2 aromatic rings. The molecule has 0 radical (unpaired) electrons. The van der Waals surface area contributed by atoms with Gasteiger partial charge in [0.25, 0.3) is 0 Å². The summed E-state index contributed by atoms with van der Waals surface area (Å²) in [5.41, 5.74) is 4.87. The number of benzene rings is 2. The monoisotopic (exact) mass is 563 g/mol. The average molecular weight is 564 g/mol. The molecular weight excluding hydrogens is 525 g/mol. The van der Waals surface area contributed by atoms with Gasteiger partial charge < -0.3 is 20.4 Å². The smallest absolute Gasteiger partial charge is 0.222 e. The number of likely N-dealkylation sites (tertiary alicyclic amines) is 1. The van der Waals surface area contributed by atoms with Crippen LogP contribution in [0, 0.1) is 6.92 Å². The number of aliphatic imine (C=N–C) groups is 1. The maximum atomic E-state index is 11.8. The minimum atomic E-state index is 0. The van der Waals surface area contributed by atoms with Crippen LogP contribution in [0.25, 0.3) is 0 Å². The molecule has 0 spiro atoms. The topological polar surface area (TPSA) is 60.0 Å². The van der Waals surface area contributed by atoms with Crippen molar-refractivity contribution < 1.29 is 4.79 Å². The summed E-state index contributed by atoms with van der Waals surface area (Å²) < 4.78 is 0. The summed E-state index contributed by atoms with van der Waals surface area (Å²) in [4.78, 5) is 20.9. The minimum Gasteiger partial charge on any atom is -0.370 e. The molecule has 0 bridgehead atoms. The molecule has 33 heavy (non-hydrogen) atoms. The molecule has 2 N–H and O–H groups in total. The maximum absolute atomic E-state index is 11.8. The van der Waals surface area contributed by atoms with E-state index in [0.29, 0.717) is 19.5 Å². The first kappa shape index (κ1) is 27.0. The van der Waals surface area contributed by atoms with Crippen molar-refractivity contribution >= 4 is 41.5 Å². The number of hydrogen-bond acceptors (Lipinski definition) is 3. The average Bonchev–Trinajstić information content (AvgIpc) is 3.20. The summed E-state index contributed by atoms with van der Waals surface area (Å²) in [6.45, 7) is 12.1. The van der Waals surface area contributed by atoms with Crippen molar-refractivity contribution in [1.29, 1.82) is 0 Å². The molecule has 1 fully saturated rings. The predicted molar refractivity (Wildman–Crippen MR) is 148 cm³/mol. The van der Waals surface area contributed by atoms with Gasteiger partial charge in [0.05, 0.1) is 6.54 Å². The van der Waals surface area contributed by atoms with Crippen LogP contribution in [0.15, 0.2) is 53.5 Å². The van der Waals surface area contributed by atoms with E-state index in [-0.39, 0.29) is 29.9 Å². The summed E-state index contributed by atoms with van der Waals surface area (Å²) in [5.74, 6) is 1.10. The second-order valence-electron chi connectivity index (χ2n) is 8.28. The van der Waals surface area contributed by atoms with Gasteiger partial charge in [0, 0.05) is 51.4 Å². The van der Waals surface area contributed by atoms with Crippen LogP contribution in [0.4, 0.5) is 5.69 Å². The lowest BCUT2D eigenvalue weighted by molar-refractivity contribution is -0.128. The van der Waals surface area contributed by atoms with Crippen LogP contribution in [0.3, 0.4) is 0 Å². The molecule has 2 aromatic carbocycles. The van der Waals surface area contributed by atoms with E-state index in [2.05, 4.69) is 84.8 Å². The number of halogens is 1. The van der Waals surface area contributed by atoms with Crippen LogP contribution in [0.5, 0.6) is 0 Å². The predicted octanol–water partition coefficient (Wildman–Crippen LogP) is 4.32. The molecule has 1 saturated heterocycles. The summed E-state index contributed by atoms with van der Waals surface area (Å²) >= 11 is 0. The molecule has 1 heterocycles. The van der Waals surface area contributed by atoms with Crippen LogP contribution in [0.2, 0.25) is 0 Å². The number of rotatable bonds is 10. The van der Waals surface area contributed by atoms with Gasteiger partial charge in [-0.2, -0.15) is 0 Å². The van der Waals surface area contributed by atoms with Gasteiger partial charge >= 0.3 is 0 Å². The van der Waals surface area contributed by atoms with Gasteiger partial charge in [-0.1, -0.05) is 36.4 Å². The molecule has 0 atom stereocenters. The third kappa shape index (κ3) is 8.53. The van der Waals surface area contributed by atoms with Gasteiger partial charge in [0.2, 0.25) is 5.91 Å². The van der Waals surface area contributed by atoms with Crippen LogP contribution < -0.4 is 15.5 Å². The van der Waals surface area contributed by atoms with E-state index < -0.39 is 0 Å². The van der Waals surface area contributed by atoms with Gasteiger partial charge in [-0.05, 0) is 56.0 Å². The number of carbonyl (C=O) groups is 1. The van der Waals surface area contributed by atoms with Gasteiger partial charge in [-0.3, -0.25) is 4.79 Å². The number of hydrogen-bond donors (Lipinski definition) is 2. The minimum absolute atomic E-state index is 0. The van der Waals surface area contributed by atoms with E-state index in [1.807, 2.05) is 4.90 Å². The Bertz CT molecular complexity index is 900. The lowest BCUT2D eigenvalue weighted by Gasteiger charge is -2.24. The van der Waals surface area contributed by atoms with Crippen molar-refractivity contribution in [2.45, 2.75) is 46.7 Å². The third-order valence-electron chi connectivity index (χ3n) is 5.75. The number of nitrogens with one attached hydrogen (secondary N) is 2. The summed E-state index contributed by atoms with van der Waals surface area (Å²) in [5, 5.41) is 6.79. The van der Waals surface area contributed by atoms with Gasteiger partial charge in [-0.15, -0.1) is 24.0 Å². The first-order valence-electron chi connectivity index (χ1n) is 11.8. The fourth-order valence-electron chi connectivity index (χ4n) is 3.96. The van der Waals surface area contributed by atoms with Crippen molar-refractivity contribution in [3.8, 4) is 0 Å². The van der Waals surface area contributed by atoms with Crippen molar-refractivity contribution in [2.75, 3.05) is 37.6 Å². The lowest BCUT2D eigenvalue weighted by Crippen LogP contribution is -2.41. The summed E-state index contributed by atoms with van der Waals surface area (Å²) in [7, 11) is 0. The van der Waals surface area contributed by atoms with E-state index in [1.54, 1.807) is 0 Å². The molecule has 1 aliphatic heterocycles. The number of aryl methyl sites for hydroxylation is 1. The van der Waals surface area contributed by atoms with Crippen LogP contribution in [-0.4, -0.2) is 49.5 Å². The fraction of sp³-hybridized carbons (Fsp3) is 0.462. The van der Waals surface area contributed by atoms with E-state index in [9.17, 15) is 4.79 Å². The Morgan fingerprint density at radius 3 is 2.48 bits per heavy atom. The Labute approximate surface area is 215 Å². The number of anilines is 1. The van der Waals surface area contributed by atoms with Crippen molar-refractivity contribution in [1.82, 2.24) is 15.5 Å². The standard InChI is InChI=1S/C26H37N5O.HI/c1-4-27-26(28-15-17-30(5-2)24-9-6-8-21(3)18-24)29-19-22-11-13-23(14-12-22)20-31-16-7-10-25(31)32;/h6,8-9,11-14,18H,4-5,7,10,15-17,19-20H2,1-3H3,(H2,27,28,29);1H. The largest absolute Gasteiger partial charge is 0.370 e. The van der Waals surface area contributed by atoms with Crippen LogP contribution >= 0.6 is 24.0 Å². The van der Waals surface area contributed by atoms with Crippen molar-refractivity contribution in [3.63, 3.8) is 0 Å². The van der Waals surface area contributed by atoms with Crippen molar-refractivity contribution in [3.05, 3.63) is 65.2 Å². The Morgan fingerprint density at radius 1 is 1.09 bits per heavy atom. The normalized spacial score (nSPS) is 13.6. The molecule has 1 amide bonds. The fourth-order valence-corrected chi connectivity index (χ4v) is 3.96. The number of likely N-dealkylation sites (N-methyl/N-ethyl adjacent to an activating group) is 1. The molecule has 1 aliphatic rings. The second-order valence-corrected chi connectivity index (χ2v) is 8.28. The molecule has 6 nitrogen and oxygen atoms in total. The maximum Gasteiger partial charge on any atom is 0.222 e. The zero-order chi connectivity index (χ0) is 22.8. The highest BCUT2D eigenvalue weighted by Crippen LogP contribution is 2.16. The zero-order valence-corrected chi connectivity index (χ0v) is 22.5. The van der Waals surface area contributed by atoms with E-state index in [4.69, 9.17) is 4.99 Å². The Balaban J connectivity index is 0.00000385. The lowest BCUT2D eigenvalue weighted by atomic mass is 10.1. The number of guanidine groups is 1. The molecule has 3 rings (SSSR count). The Hall–Kier alpha value is -2.29. The first-order chi connectivity index (χ1) is 15.6. The van der Waals surface area contributed by atoms with Crippen LogP contribution in [0.1, 0.15) is 43.4 Å². The number of carbonyl (C=O) groups excluding carboxylic acids is 1. The van der Waals surface area contributed by atoms with Gasteiger partial charge in [0.15, 0.2) is 5.96 Å². The van der Waals surface area contributed by atoms with E-state index >= 15 is 0 Å². The molecular formula is C26H38IN5O. The highest BCUT2D eigenvalue weighted by atomic mass is 127. The quantitative estimate of drug-likeness (QED) is 0.257. The number of nitrogens with zero attached hydrogens (tertiary/aromatic N) is 3. The first-order valence-corrected chi connectivity index (χ1v) is 11.8. The summed E-state index contributed by atoms with van der Waals surface area (Å²) in [6, 6.07) is 17.1.